The largest absolute Gasteiger partial charge is 0.348 e. The number of alkyl halides is 2. The Morgan fingerprint density at radius 3 is 2.84 bits per heavy atom. The highest BCUT2D eigenvalue weighted by Crippen LogP contribution is 2.39. The maximum atomic E-state index is 14.3. The van der Waals surface area contributed by atoms with Crippen LogP contribution in [0.4, 0.5) is 13.2 Å². The summed E-state index contributed by atoms with van der Waals surface area (Å²) in [6.45, 7) is 3.72. The number of halogens is 3. The monoisotopic (exact) mass is 460 g/mol. The van der Waals surface area contributed by atoms with Crippen LogP contribution in [0.15, 0.2) is 30.7 Å². The number of aromatic nitrogens is 5. The quantitative estimate of drug-likeness (QED) is 0.480. The first-order chi connectivity index (χ1) is 15.4. The molecular formula is C21H19F3N6OS. The minimum atomic E-state index is -2.86. The topological polar surface area (TPSA) is 79.7 Å². The number of carbonyl (C=O) groups excluding carboxylic acids is 1. The Kier molecular flexibility index (Phi) is 5.00. The summed E-state index contributed by atoms with van der Waals surface area (Å²) in [5.74, 6) is -1.04. The van der Waals surface area contributed by atoms with Gasteiger partial charge in [0, 0.05) is 24.7 Å². The van der Waals surface area contributed by atoms with Crippen LogP contribution in [0.25, 0.3) is 10.2 Å². The molecule has 5 rings (SSSR count). The Hall–Kier alpha value is -3.21. The van der Waals surface area contributed by atoms with Gasteiger partial charge in [0.25, 0.3) is 12.3 Å². The lowest BCUT2D eigenvalue weighted by Gasteiger charge is -2.33. The van der Waals surface area contributed by atoms with E-state index in [1.165, 1.54) is 39.5 Å². The zero-order valence-corrected chi connectivity index (χ0v) is 18.0. The van der Waals surface area contributed by atoms with Gasteiger partial charge in [-0.2, -0.15) is 5.10 Å². The summed E-state index contributed by atoms with van der Waals surface area (Å²) in [6, 6.07) is 3.62. The van der Waals surface area contributed by atoms with Gasteiger partial charge in [-0.1, -0.05) is 6.07 Å². The minimum Gasteiger partial charge on any atom is -0.348 e. The number of carbonyl (C=O) groups is 1. The molecule has 0 aliphatic carbocycles. The zero-order valence-electron chi connectivity index (χ0n) is 17.2. The molecular weight excluding hydrogens is 441 g/mol. The number of para-hydroxylation sites is 1. The number of rotatable bonds is 4. The maximum absolute atomic E-state index is 14.3. The number of hydrogen-bond donors (Lipinski definition) is 1. The lowest BCUT2D eigenvalue weighted by molar-refractivity contribution is 0.0676. The third-order valence-electron chi connectivity index (χ3n) is 5.57. The van der Waals surface area contributed by atoms with E-state index in [1.54, 1.807) is 26.0 Å². The van der Waals surface area contributed by atoms with Crippen LogP contribution in [0, 0.1) is 5.82 Å². The fraction of sp³-hybridized carbons (Fsp3) is 0.333. The van der Waals surface area contributed by atoms with Crippen LogP contribution in [0.2, 0.25) is 0 Å². The van der Waals surface area contributed by atoms with Gasteiger partial charge in [0.15, 0.2) is 0 Å². The molecule has 0 fully saturated rings. The van der Waals surface area contributed by atoms with Crippen LogP contribution in [-0.2, 0) is 6.42 Å². The van der Waals surface area contributed by atoms with Crippen molar-refractivity contribution < 1.29 is 18.0 Å². The van der Waals surface area contributed by atoms with Crippen molar-refractivity contribution in [2.75, 3.05) is 6.54 Å². The number of aromatic amines is 1. The van der Waals surface area contributed by atoms with E-state index in [0.29, 0.717) is 21.8 Å². The molecule has 0 bridgehead atoms. The lowest BCUT2D eigenvalue weighted by atomic mass is 10.0. The summed E-state index contributed by atoms with van der Waals surface area (Å²) < 4.78 is 43.9. The molecule has 0 radical (unpaired) electrons. The van der Waals surface area contributed by atoms with Crippen LogP contribution in [0.3, 0.4) is 0 Å². The van der Waals surface area contributed by atoms with E-state index in [2.05, 4.69) is 20.1 Å². The Bertz CT molecular complexity index is 1310. The standard InChI is InChI=1S/C21H19F3N6OS/c1-10(2)30-17(19(23)24)11(8-27-30)21(31)29-7-6-13-16(26-9-25-13)18(29)20-28-15-12(22)4-3-5-14(15)32-20/h3-5,8-10,18-19H,6-7H2,1-2H3,(H,25,26)/t18-/m0/s1. The summed E-state index contributed by atoms with van der Waals surface area (Å²) in [7, 11) is 0. The third kappa shape index (κ3) is 3.19. The van der Waals surface area contributed by atoms with E-state index in [4.69, 9.17) is 0 Å². The molecule has 3 aromatic heterocycles. The molecule has 166 valence electrons. The Balaban J connectivity index is 1.63. The van der Waals surface area contributed by atoms with Crippen molar-refractivity contribution in [3.05, 3.63) is 64.2 Å². The Morgan fingerprint density at radius 1 is 1.31 bits per heavy atom. The first-order valence-corrected chi connectivity index (χ1v) is 10.9. The van der Waals surface area contributed by atoms with E-state index in [0.717, 1.165) is 5.69 Å². The highest BCUT2D eigenvalue weighted by atomic mass is 32.1. The van der Waals surface area contributed by atoms with Gasteiger partial charge in [-0.25, -0.2) is 23.1 Å². The van der Waals surface area contributed by atoms with Crippen molar-refractivity contribution in [1.82, 2.24) is 29.6 Å². The third-order valence-corrected chi connectivity index (χ3v) is 6.64. The first-order valence-electron chi connectivity index (χ1n) is 10.1. The van der Waals surface area contributed by atoms with Gasteiger partial charge in [-0.15, -0.1) is 11.3 Å². The van der Waals surface area contributed by atoms with E-state index < -0.39 is 29.9 Å². The van der Waals surface area contributed by atoms with Crippen molar-refractivity contribution in [3.8, 4) is 0 Å². The zero-order chi connectivity index (χ0) is 22.6. The summed E-state index contributed by atoms with van der Waals surface area (Å²) in [5, 5.41) is 4.51. The van der Waals surface area contributed by atoms with Crippen LogP contribution in [-0.4, -0.2) is 42.1 Å². The molecule has 4 aromatic rings. The highest BCUT2D eigenvalue weighted by molar-refractivity contribution is 7.18. The molecule has 1 N–H and O–H groups in total. The van der Waals surface area contributed by atoms with Gasteiger partial charge in [0.05, 0.1) is 28.5 Å². The van der Waals surface area contributed by atoms with E-state index in [-0.39, 0.29) is 23.7 Å². The Labute approximate surface area is 184 Å². The van der Waals surface area contributed by atoms with Crippen molar-refractivity contribution in [2.45, 2.75) is 38.8 Å². The molecule has 32 heavy (non-hydrogen) atoms. The summed E-state index contributed by atoms with van der Waals surface area (Å²) in [6.07, 6.45) is 0.346. The first kappa shape index (κ1) is 20.7. The van der Waals surface area contributed by atoms with Gasteiger partial charge < -0.3 is 9.88 Å². The Morgan fingerprint density at radius 2 is 2.12 bits per heavy atom. The number of H-pyrrole nitrogens is 1. The lowest BCUT2D eigenvalue weighted by Crippen LogP contribution is -2.41. The number of nitrogens with one attached hydrogen (secondary N) is 1. The van der Waals surface area contributed by atoms with Crippen LogP contribution in [0.5, 0.6) is 0 Å². The molecule has 0 spiro atoms. The minimum absolute atomic E-state index is 0.148. The number of benzene rings is 1. The molecule has 1 atom stereocenters. The number of thiazole rings is 1. The fourth-order valence-electron chi connectivity index (χ4n) is 4.11. The van der Waals surface area contributed by atoms with Gasteiger partial charge in [0.1, 0.15) is 28.1 Å². The molecule has 0 saturated heterocycles. The number of nitrogens with zero attached hydrogens (tertiary/aromatic N) is 5. The molecule has 4 heterocycles. The summed E-state index contributed by atoms with van der Waals surface area (Å²) >= 11 is 1.25. The van der Waals surface area contributed by atoms with Crippen molar-refractivity contribution in [1.29, 1.82) is 0 Å². The van der Waals surface area contributed by atoms with Crippen LogP contribution in [0.1, 0.15) is 64.8 Å². The van der Waals surface area contributed by atoms with Crippen molar-refractivity contribution in [2.24, 2.45) is 0 Å². The molecule has 1 aromatic carbocycles. The maximum Gasteiger partial charge on any atom is 0.280 e. The number of amides is 1. The second-order valence-corrected chi connectivity index (χ2v) is 8.90. The second kappa shape index (κ2) is 7.73. The number of hydrogen-bond acceptors (Lipinski definition) is 5. The summed E-state index contributed by atoms with van der Waals surface area (Å²) in [4.78, 5) is 26.9. The molecule has 0 saturated carbocycles. The van der Waals surface area contributed by atoms with Crippen molar-refractivity contribution >= 4 is 27.5 Å². The predicted octanol–water partition coefficient (Wildman–Crippen LogP) is 4.66. The molecule has 0 unspecified atom stereocenters. The average Bonchev–Trinajstić information content (AvgIpc) is 3.49. The van der Waals surface area contributed by atoms with Gasteiger partial charge in [0.2, 0.25) is 0 Å². The molecule has 1 aliphatic rings. The van der Waals surface area contributed by atoms with Gasteiger partial charge >= 0.3 is 0 Å². The fourth-order valence-corrected chi connectivity index (χ4v) is 5.21. The van der Waals surface area contributed by atoms with Gasteiger partial charge in [-0.3, -0.25) is 9.48 Å². The molecule has 7 nitrogen and oxygen atoms in total. The number of imidazole rings is 1. The normalized spacial score (nSPS) is 16.3. The van der Waals surface area contributed by atoms with Crippen LogP contribution < -0.4 is 0 Å². The van der Waals surface area contributed by atoms with Crippen molar-refractivity contribution in [3.63, 3.8) is 0 Å². The molecule has 1 amide bonds. The average molecular weight is 460 g/mol. The molecule has 1 aliphatic heterocycles. The highest BCUT2D eigenvalue weighted by Gasteiger charge is 2.39. The second-order valence-electron chi connectivity index (χ2n) is 7.84. The van der Waals surface area contributed by atoms with E-state index in [1.807, 2.05) is 0 Å². The SMILES string of the molecule is CC(C)n1ncc(C(=O)N2CCc3[nH]cnc3[C@H]2c2nc3c(F)cccc3s2)c1C(F)F. The predicted molar refractivity (Wildman–Crippen MR) is 112 cm³/mol. The van der Waals surface area contributed by atoms with E-state index >= 15 is 0 Å². The smallest absolute Gasteiger partial charge is 0.280 e. The van der Waals surface area contributed by atoms with Gasteiger partial charge in [-0.05, 0) is 26.0 Å². The molecule has 11 heteroatoms. The van der Waals surface area contributed by atoms with Crippen LogP contribution >= 0.6 is 11.3 Å². The number of fused-ring (bicyclic) bond motifs is 2. The summed E-state index contributed by atoms with van der Waals surface area (Å²) in [5.41, 5.74) is 1.07. The van der Waals surface area contributed by atoms with E-state index in [9.17, 15) is 18.0 Å².